The van der Waals surface area contributed by atoms with Gasteiger partial charge in [-0.15, -0.1) is 0 Å². The summed E-state index contributed by atoms with van der Waals surface area (Å²) in [5, 5.41) is 17.3. The Bertz CT molecular complexity index is 521. The highest BCUT2D eigenvalue weighted by Gasteiger charge is 2.35. The molecule has 0 bridgehead atoms. The molecule has 6 nitrogen and oxygen atoms in total. The van der Waals surface area contributed by atoms with Crippen molar-refractivity contribution in [2.45, 2.75) is 45.4 Å². The number of methoxy groups -OCH3 is 1. The number of rotatable bonds is 6. The molecule has 0 aliphatic carbocycles. The van der Waals surface area contributed by atoms with Gasteiger partial charge >= 0.3 is 0 Å². The van der Waals surface area contributed by atoms with Gasteiger partial charge in [0, 0.05) is 7.11 Å². The minimum atomic E-state index is -0.999. The van der Waals surface area contributed by atoms with Crippen LogP contribution in [-0.4, -0.2) is 39.7 Å². The summed E-state index contributed by atoms with van der Waals surface area (Å²) in [5.74, 6) is 0. The van der Waals surface area contributed by atoms with Gasteiger partial charge < -0.3 is 15.2 Å². The monoisotopic (exact) mass is 303 g/mol. The maximum absolute atomic E-state index is 12.0. The van der Waals surface area contributed by atoms with Gasteiger partial charge in [-0.2, -0.15) is 5.10 Å². The quantitative estimate of drug-likeness (QED) is 0.833. The van der Waals surface area contributed by atoms with E-state index in [0.717, 1.165) is 0 Å². The molecule has 7 heteroatoms. The van der Waals surface area contributed by atoms with Crippen molar-refractivity contribution in [1.29, 1.82) is 0 Å². The smallest absolute Gasteiger partial charge is 0.287 e. The van der Waals surface area contributed by atoms with Crippen LogP contribution in [0.2, 0.25) is 5.02 Å². The van der Waals surface area contributed by atoms with Crippen LogP contribution in [0.3, 0.4) is 0 Å². The molecular formula is C13H22ClN3O3. The van der Waals surface area contributed by atoms with Crippen LogP contribution in [0.4, 0.5) is 5.69 Å². The van der Waals surface area contributed by atoms with Crippen LogP contribution in [-0.2, 0) is 11.3 Å². The van der Waals surface area contributed by atoms with E-state index in [2.05, 4.69) is 10.4 Å². The lowest BCUT2D eigenvalue weighted by Crippen LogP contribution is -2.51. The van der Waals surface area contributed by atoms with Crippen LogP contribution >= 0.6 is 11.6 Å². The first-order valence-electron chi connectivity index (χ1n) is 6.35. The summed E-state index contributed by atoms with van der Waals surface area (Å²) < 4.78 is 6.15. The van der Waals surface area contributed by atoms with E-state index in [1.807, 2.05) is 13.8 Å². The molecule has 0 aromatic carbocycles. The molecule has 0 saturated carbocycles. The molecule has 0 aliphatic heterocycles. The van der Waals surface area contributed by atoms with Crippen molar-refractivity contribution in [2.24, 2.45) is 0 Å². The Kier molecular flexibility index (Phi) is 5.18. The lowest BCUT2D eigenvalue weighted by molar-refractivity contribution is 0.0240. The molecule has 0 saturated heterocycles. The second-order valence-corrected chi connectivity index (χ2v) is 6.08. The molecule has 1 aromatic rings. The minimum Gasteiger partial charge on any atom is -0.388 e. The third-order valence-electron chi connectivity index (χ3n) is 3.47. The van der Waals surface area contributed by atoms with Gasteiger partial charge in [0.2, 0.25) is 0 Å². The van der Waals surface area contributed by atoms with Crippen LogP contribution in [0, 0.1) is 0 Å². The molecule has 1 aromatic heterocycles. The number of hydrogen-bond acceptors (Lipinski definition) is 5. The first-order chi connectivity index (χ1) is 9.10. The van der Waals surface area contributed by atoms with Gasteiger partial charge in [0.25, 0.3) is 5.56 Å². The summed E-state index contributed by atoms with van der Waals surface area (Å²) in [7, 11) is 1.55. The van der Waals surface area contributed by atoms with Crippen LogP contribution < -0.4 is 10.9 Å². The molecule has 0 amide bonds. The first kappa shape index (κ1) is 16.9. The van der Waals surface area contributed by atoms with Gasteiger partial charge in [-0.3, -0.25) is 4.79 Å². The fourth-order valence-electron chi connectivity index (χ4n) is 1.38. The van der Waals surface area contributed by atoms with Gasteiger partial charge in [-0.1, -0.05) is 11.6 Å². The standard InChI is InChI=1S/C13H22ClN3O3/c1-12(2,13(3,4)19)16-9-8-15-17(6-7-20-5)11(18)10(9)14/h8,16,19H,6-7H2,1-5H3. The van der Waals surface area contributed by atoms with Gasteiger partial charge in [0.1, 0.15) is 5.02 Å². The molecule has 20 heavy (non-hydrogen) atoms. The second kappa shape index (κ2) is 6.11. The van der Waals surface area contributed by atoms with Crippen molar-refractivity contribution in [2.75, 3.05) is 19.0 Å². The van der Waals surface area contributed by atoms with Crippen molar-refractivity contribution in [3.05, 3.63) is 21.6 Å². The minimum absolute atomic E-state index is 0.0495. The molecule has 0 radical (unpaired) electrons. The number of aliphatic hydroxyl groups is 1. The molecule has 2 N–H and O–H groups in total. The summed E-state index contributed by atoms with van der Waals surface area (Å²) in [6.45, 7) is 7.72. The highest BCUT2D eigenvalue weighted by Crippen LogP contribution is 2.27. The first-order valence-corrected chi connectivity index (χ1v) is 6.73. The predicted octanol–water partition coefficient (Wildman–Crippen LogP) is 1.50. The van der Waals surface area contributed by atoms with E-state index < -0.39 is 11.1 Å². The van der Waals surface area contributed by atoms with E-state index >= 15 is 0 Å². The lowest BCUT2D eigenvalue weighted by Gasteiger charge is -2.38. The van der Waals surface area contributed by atoms with Gasteiger partial charge in [-0.05, 0) is 27.7 Å². The van der Waals surface area contributed by atoms with Crippen molar-refractivity contribution < 1.29 is 9.84 Å². The molecular weight excluding hydrogens is 282 g/mol. The SMILES string of the molecule is COCCn1ncc(NC(C)(C)C(C)(C)O)c(Cl)c1=O. The van der Waals surface area contributed by atoms with Crippen LogP contribution in [0.15, 0.2) is 11.0 Å². The number of aromatic nitrogens is 2. The molecule has 114 valence electrons. The topological polar surface area (TPSA) is 76.4 Å². The summed E-state index contributed by atoms with van der Waals surface area (Å²) in [6, 6.07) is 0. The number of nitrogens with zero attached hydrogens (tertiary/aromatic N) is 2. The van der Waals surface area contributed by atoms with E-state index in [4.69, 9.17) is 16.3 Å². The predicted molar refractivity (Wildman–Crippen MR) is 79.4 cm³/mol. The van der Waals surface area contributed by atoms with Crippen molar-refractivity contribution in [3.63, 3.8) is 0 Å². The molecule has 0 unspecified atom stereocenters. The fourth-order valence-corrected chi connectivity index (χ4v) is 1.57. The van der Waals surface area contributed by atoms with E-state index in [1.165, 1.54) is 10.9 Å². The highest BCUT2D eigenvalue weighted by atomic mass is 35.5. The molecule has 0 atom stereocenters. The Morgan fingerprint density at radius 3 is 2.55 bits per heavy atom. The number of anilines is 1. The van der Waals surface area contributed by atoms with E-state index in [0.29, 0.717) is 18.8 Å². The maximum atomic E-state index is 12.0. The maximum Gasteiger partial charge on any atom is 0.287 e. The van der Waals surface area contributed by atoms with Crippen molar-refractivity contribution >= 4 is 17.3 Å². The fraction of sp³-hybridized carbons (Fsp3) is 0.692. The Morgan fingerprint density at radius 1 is 1.45 bits per heavy atom. The molecule has 1 heterocycles. The lowest BCUT2D eigenvalue weighted by atomic mass is 9.86. The third kappa shape index (κ3) is 3.71. The van der Waals surface area contributed by atoms with Crippen LogP contribution in [0.1, 0.15) is 27.7 Å². The third-order valence-corrected chi connectivity index (χ3v) is 3.83. The summed E-state index contributed by atoms with van der Waals surface area (Å²) in [4.78, 5) is 12.0. The zero-order chi connectivity index (χ0) is 15.6. The highest BCUT2D eigenvalue weighted by molar-refractivity contribution is 6.32. The molecule has 1 rings (SSSR count). The van der Waals surface area contributed by atoms with E-state index in [9.17, 15) is 9.90 Å². The summed E-state index contributed by atoms with van der Waals surface area (Å²) >= 11 is 6.08. The Labute approximate surface area is 123 Å². The van der Waals surface area contributed by atoms with Gasteiger partial charge in [0.05, 0.1) is 36.2 Å². The van der Waals surface area contributed by atoms with E-state index in [-0.39, 0.29) is 10.6 Å². The average molecular weight is 304 g/mol. The Balaban J connectivity index is 3.05. The second-order valence-electron chi connectivity index (χ2n) is 5.70. The van der Waals surface area contributed by atoms with Crippen LogP contribution in [0.5, 0.6) is 0 Å². The number of nitrogens with one attached hydrogen (secondary N) is 1. The average Bonchev–Trinajstić information content (AvgIpc) is 2.32. The zero-order valence-electron chi connectivity index (χ0n) is 12.5. The number of hydrogen-bond donors (Lipinski definition) is 2. The number of ether oxygens (including phenoxy) is 1. The van der Waals surface area contributed by atoms with Crippen molar-refractivity contribution in [1.82, 2.24) is 9.78 Å². The summed E-state index contributed by atoms with van der Waals surface area (Å²) in [5.41, 5.74) is -1.66. The van der Waals surface area contributed by atoms with Crippen molar-refractivity contribution in [3.8, 4) is 0 Å². The number of halogens is 1. The van der Waals surface area contributed by atoms with Gasteiger partial charge in [-0.25, -0.2) is 4.68 Å². The normalized spacial score (nSPS) is 12.6. The molecule has 0 aliphatic rings. The Morgan fingerprint density at radius 2 is 2.05 bits per heavy atom. The Hall–Kier alpha value is -1.11. The van der Waals surface area contributed by atoms with Crippen LogP contribution in [0.25, 0.3) is 0 Å². The molecule has 0 fully saturated rings. The molecule has 0 spiro atoms. The summed E-state index contributed by atoms with van der Waals surface area (Å²) in [6.07, 6.45) is 1.48. The van der Waals surface area contributed by atoms with E-state index in [1.54, 1.807) is 21.0 Å². The largest absolute Gasteiger partial charge is 0.388 e. The zero-order valence-corrected chi connectivity index (χ0v) is 13.3. The van der Waals surface area contributed by atoms with Gasteiger partial charge in [0.15, 0.2) is 0 Å².